The molecule has 3 aromatic rings. The molecule has 0 spiro atoms. The largest absolute Gasteiger partial charge is 0.545 e. The Labute approximate surface area is 245 Å². The molecule has 1 unspecified atom stereocenters. The van der Waals surface area contributed by atoms with Gasteiger partial charge in [-0.25, -0.2) is 4.79 Å². The summed E-state index contributed by atoms with van der Waals surface area (Å²) >= 11 is 0. The van der Waals surface area contributed by atoms with E-state index in [-0.39, 0.29) is 17.5 Å². The van der Waals surface area contributed by atoms with Gasteiger partial charge in [0.05, 0.1) is 18.1 Å². The minimum Gasteiger partial charge on any atom is -0.545 e. The fraction of sp³-hybridized carbons (Fsp3) is 0.412. The number of aromatic carboxylic acids is 1. The molecule has 0 aromatic heterocycles. The van der Waals surface area contributed by atoms with E-state index in [0.717, 1.165) is 49.0 Å². The van der Waals surface area contributed by atoms with Gasteiger partial charge < -0.3 is 19.4 Å². The van der Waals surface area contributed by atoms with Crippen LogP contribution in [0.5, 0.6) is 5.75 Å². The Morgan fingerprint density at radius 3 is 1.90 bits per heavy atom. The summed E-state index contributed by atoms with van der Waals surface area (Å²) in [5.74, 6) is -1.67. The summed E-state index contributed by atoms with van der Waals surface area (Å²) in [4.78, 5) is 24.2. The Morgan fingerprint density at radius 2 is 1.31 bits per heavy atom. The molecular formula is C34H38F3O5-. The Kier molecular flexibility index (Phi) is 12.5. The molecule has 5 nitrogen and oxygen atoms in total. The van der Waals surface area contributed by atoms with Gasteiger partial charge in [-0.3, -0.25) is 0 Å². The molecule has 3 aromatic carbocycles. The molecule has 0 amide bonds. The van der Waals surface area contributed by atoms with Gasteiger partial charge in [-0.2, -0.15) is 13.2 Å². The maximum Gasteiger partial charge on any atom is 0.425 e. The first-order valence-electron chi connectivity index (χ1n) is 14.6. The van der Waals surface area contributed by atoms with Crippen LogP contribution < -0.4 is 9.84 Å². The van der Waals surface area contributed by atoms with Crippen molar-refractivity contribution in [2.75, 3.05) is 6.61 Å². The number of benzene rings is 3. The summed E-state index contributed by atoms with van der Waals surface area (Å²) in [6, 6.07) is 18.0. The number of carboxylic acid groups (broad SMARTS) is 1. The van der Waals surface area contributed by atoms with Gasteiger partial charge in [0.15, 0.2) is 6.10 Å². The number of unbranched alkanes of at least 4 members (excludes halogenated alkanes) is 6. The molecule has 0 bridgehead atoms. The fourth-order valence-electron chi connectivity index (χ4n) is 4.64. The lowest BCUT2D eigenvalue weighted by molar-refractivity contribution is -0.255. The molecule has 0 N–H and O–H groups in total. The summed E-state index contributed by atoms with van der Waals surface area (Å²) in [7, 11) is 0. The molecule has 0 fully saturated rings. The molecular weight excluding hydrogens is 545 g/mol. The lowest BCUT2D eigenvalue weighted by atomic mass is 9.92. The highest BCUT2D eigenvalue weighted by atomic mass is 19.4. The molecule has 0 aliphatic carbocycles. The number of carbonyl (C=O) groups is 2. The smallest absolute Gasteiger partial charge is 0.425 e. The van der Waals surface area contributed by atoms with Crippen molar-refractivity contribution in [2.24, 2.45) is 0 Å². The van der Waals surface area contributed by atoms with Crippen LogP contribution in [0, 0.1) is 0 Å². The van der Waals surface area contributed by atoms with Gasteiger partial charge in [-0.15, -0.1) is 0 Å². The van der Waals surface area contributed by atoms with Gasteiger partial charge >= 0.3 is 12.1 Å². The van der Waals surface area contributed by atoms with Crippen molar-refractivity contribution in [3.63, 3.8) is 0 Å². The van der Waals surface area contributed by atoms with E-state index in [2.05, 4.69) is 6.92 Å². The molecule has 0 radical (unpaired) electrons. The number of alkyl halides is 3. The number of esters is 1. The highest BCUT2D eigenvalue weighted by Crippen LogP contribution is 2.35. The minimum atomic E-state index is -4.66. The van der Waals surface area contributed by atoms with E-state index in [1.807, 2.05) is 31.2 Å². The Morgan fingerprint density at radius 1 is 0.738 bits per heavy atom. The van der Waals surface area contributed by atoms with E-state index in [9.17, 15) is 27.9 Å². The van der Waals surface area contributed by atoms with Crippen molar-refractivity contribution in [1.29, 1.82) is 0 Å². The lowest BCUT2D eigenvalue weighted by Crippen LogP contribution is -2.33. The maximum absolute atomic E-state index is 13.5. The van der Waals surface area contributed by atoms with Crippen LogP contribution in [0.25, 0.3) is 22.3 Å². The average Bonchev–Trinajstić information content (AvgIpc) is 2.98. The van der Waals surface area contributed by atoms with E-state index in [1.54, 1.807) is 18.2 Å². The predicted molar refractivity (Wildman–Crippen MR) is 155 cm³/mol. The topological polar surface area (TPSA) is 75.7 Å². The molecule has 0 heterocycles. The monoisotopic (exact) mass is 583 g/mol. The van der Waals surface area contributed by atoms with E-state index in [4.69, 9.17) is 9.47 Å². The predicted octanol–water partition coefficient (Wildman–Crippen LogP) is 8.40. The molecule has 0 aliphatic heterocycles. The van der Waals surface area contributed by atoms with Crippen molar-refractivity contribution in [3.8, 4) is 28.0 Å². The van der Waals surface area contributed by atoms with E-state index in [1.165, 1.54) is 30.7 Å². The standard InChI is InChI=1S/C34H39F3O5/c1-3-5-7-9-11-31(34(35,36)37)42-33(40)26-14-12-25(13-15-26)30-23-27(32(38)39)18-21-29(30)24-16-19-28(20-17-24)41-22-10-8-6-4-2/h12-21,23,31H,3-11,22H2,1-2H3,(H,38,39)/p-1. The van der Waals surface area contributed by atoms with E-state index in [0.29, 0.717) is 30.6 Å². The van der Waals surface area contributed by atoms with Crippen molar-refractivity contribution in [2.45, 2.75) is 83.9 Å². The summed E-state index contributed by atoms with van der Waals surface area (Å²) in [6.07, 6.45) is -0.0478. The van der Waals surface area contributed by atoms with E-state index < -0.39 is 24.2 Å². The Balaban J connectivity index is 1.80. The number of ether oxygens (including phenoxy) is 2. The average molecular weight is 584 g/mol. The quantitative estimate of drug-likeness (QED) is 0.125. The van der Waals surface area contributed by atoms with Gasteiger partial charge in [0.25, 0.3) is 0 Å². The first kappa shape index (κ1) is 32.7. The van der Waals surface area contributed by atoms with Crippen LogP contribution >= 0.6 is 0 Å². The number of hydrogen-bond acceptors (Lipinski definition) is 5. The zero-order valence-electron chi connectivity index (χ0n) is 24.2. The molecule has 226 valence electrons. The van der Waals surface area contributed by atoms with Crippen molar-refractivity contribution in [3.05, 3.63) is 77.9 Å². The third kappa shape index (κ3) is 9.64. The Hall–Kier alpha value is -3.81. The zero-order valence-corrected chi connectivity index (χ0v) is 24.2. The van der Waals surface area contributed by atoms with Crippen molar-refractivity contribution in [1.82, 2.24) is 0 Å². The SMILES string of the molecule is CCCCCCOc1ccc(-c2ccc(C(=O)[O-])cc2-c2ccc(C(=O)OC(CCCCCC)C(F)(F)F)cc2)cc1. The second-order valence-electron chi connectivity index (χ2n) is 10.3. The van der Waals surface area contributed by atoms with Gasteiger partial charge in [0.1, 0.15) is 5.75 Å². The van der Waals surface area contributed by atoms with Crippen LogP contribution in [0.3, 0.4) is 0 Å². The molecule has 0 aliphatic rings. The van der Waals surface area contributed by atoms with Crippen LogP contribution in [0.1, 0.15) is 92.4 Å². The van der Waals surface area contributed by atoms with Crippen LogP contribution in [0.15, 0.2) is 66.7 Å². The van der Waals surface area contributed by atoms with Gasteiger partial charge in [-0.05, 0) is 77.4 Å². The van der Waals surface area contributed by atoms with E-state index >= 15 is 0 Å². The fourth-order valence-corrected chi connectivity index (χ4v) is 4.64. The summed E-state index contributed by atoms with van der Waals surface area (Å²) in [5, 5.41) is 11.6. The molecule has 1 atom stereocenters. The molecule has 3 rings (SSSR count). The number of hydrogen-bond donors (Lipinski definition) is 0. The van der Waals surface area contributed by atoms with Crippen LogP contribution in [0.2, 0.25) is 0 Å². The Bertz CT molecular complexity index is 1280. The molecule has 0 saturated heterocycles. The second kappa shape index (κ2) is 16.0. The van der Waals surface area contributed by atoms with Crippen molar-refractivity contribution >= 4 is 11.9 Å². The highest BCUT2D eigenvalue weighted by Gasteiger charge is 2.42. The molecule has 0 saturated carbocycles. The number of halogens is 3. The van der Waals surface area contributed by atoms with Gasteiger partial charge in [-0.1, -0.05) is 88.8 Å². The van der Waals surface area contributed by atoms with Gasteiger partial charge in [0, 0.05) is 0 Å². The first-order valence-corrected chi connectivity index (χ1v) is 14.6. The lowest BCUT2D eigenvalue weighted by Gasteiger charge is -2.21. The van der Waals surface area contributed by atoms with Crippen molar-refractivity contribution < 1.29 is 37.3 Å². The van der Waals surface area contributed by atoms with Crippen LogP contribution in [-0.2, 0) is 4.74 Å². The number of rotatable bonds is 16. The summed E-state index contributed by atoms with van der Waals surface area (Å²) in [6.45, 7) is 4.74. The minimum absolute atomic E-state index is 0.0274. The number of carboxylic acids is 1. The maximum atomic E-state index is 13.5. The molecule has 42 heavy (non-hydrogen) atoms. The molecule has 8 heteroatoms. The number of carbonyl (C=O) groups excluding carboxylic acids is 2. The zero-order chi connectivity index (χ0) is 30.5. The van der Waals surface area contributed by atoms with Crippen LogP contribution in [0.4, 0.5) is 13.2 Å². The first-order chi connectivity index (χ1) is 20.1. The second-order valence-corrected chi connectivity index (χ2v) is 10.3. The highest BCUT2D eigenvalue weighted by molar-refractivity contribution is 5.94. The normalized spacial score (nSPS) is 12.1. The van der Waals surface area contributed by atoms with Crippen LogP contribution in [-0.4, -0.2) is 30.8 Å². The third-order valence-electron chi connectivity index (χ3n) is 7.05. The van der Waals surface area contributed by atoms with Gasteiger partial charge in [0.2, 0.25) is 0 Å². The summed E-state index contributed by atoms with van der Waals surface area (Å²) in [5.41, 5.74) is 2.63. The third-order valence-corrected chi connectivity index (χ3v) is 7.05. The summed E-state index contributed by atoms with van der Waals surface area (Å²) < 4.78 is 51.2.